The van der Waals surface area contributed by atoms with Gasteiger partial charge < -0.3 is 9.47 Å². The zero-order valence-electron chi connectivity index (χ0n) is 10.4. The molecule has 0 radical (unpaired) electrons. The van der Waals surface area contributed by atoms with E-state index in [9.17, 15) is 4.79 Å². The second kappa shape index (κ2) is 7.76. The molecule has 1 aliphatic rings. The molecule has 1 unspecified atom stereocenters. The minimum Gasteiger partial charge on any atom is -0.383 e. The van der Waals surface area contributed by atoms with Crippen molar-refractivity contribution in [1.82, 2.24) is 4.90 Å². The van der Waals surface area contributed by atoms with Gasteiger partial charge in [-0.3, -0.25) is 9.69 Å². The maximum absolute atomic E-state index is 11.6. The van der Waals surface area contributed by atoms with E-state index in [0.717, 1.165) is 38.9 Å². The van der Waals surface area contributed by atoms with Crippen molar-refractivity contribution in [2.45, 2.75) is 19.3 Å². The van der Waals surface area contributed by atoms with Crippen LogP contribution in [-0.4, -0.2) is 57.8 Å². The lowest BCUT2D eigenvalue weighted by Gasteiger charge is -2.24. The van der Waals surface area contributed by atoms with Crippen molar-refractivity contribution >= 4 is 5.78 Å². The van der Waals surface area contributed by atoms with E-state index in [1.807, 2.05) is 0 Å². The summed E-state index contributed by atoms with van der Waals surface area (Å²) in [4.78, 5) is 13.8. The number of Topliss-reactive ketones (excluding diaryl/α,β-unsaturated/α-hetero) is 1. The fraction of sp³-hybridized carbons (Fsp3) is 0.917. The van der Waals surface area contributed by atoms with Gasteiger partial charge in [0, 0.05) is 46.2 Å². The molecule has 1 saturated carbocycles. The second-order valence-corrected chi connectivity index (χ2v) is 4.34. The Morgan fingerprint density at radius 3 is 2.31 bits per heavy atom. The first-order valence-electron chi connectivity index (χ1n) is 6.01. The van der Waals surface area contributed by atoms with Crippen molar-refractivity contribution < 1.29 is 14.3 Å². The number of hydrogen-bond donors (Lipinski definition) is 0. The quantitative estimate of drug-likeness (QED) is 0.621. The number of ketones is 1. The van der Waals surface area contributed by atoms with Crippen molar-refractivity contribution in [2.75, 3.05) is 47.1 Å². The van der Waals surface area contributed by atoms with Gasteiger partial charge in [0.1, 0.15) is 5.78 Å². The number of hydrogen-bond acceptors (Lipinski definition) is 4. The van der Waals surface area contributed by atoms with Crippen LogP contribution in [0.3, 0.4) is 0 Å². The van der Waals surface area contributed by atoms with Crippen molar-refractivity contribution in [3.05, 3.63) is 0 Å². The SMILES string of the molecule is COCCN(CCOC)CC1CCCC1=O. The zero-order chi connectivity index (χ0) is 11.8. The van der Waals surface area contributed by atoms with Gasteiger partial charge in [0.05, 0.1) is 13.2 Å². The van der Waals surface area contributed by atoms with Crippen LogP contribution in [0.15, 0.2) is 0 Å². The molecule has 4 nitrogen and oxygen atoms in total. The Morgan fingerprint density at radius 2 is 1.88 bits per heavy atom. The smallest absolute Gasteiger partial charge is 0.137 e. The molecule has 0 bridgehead atoms. The zero-order valence-corrected chi connectivity index (χ0v) is 10.4. The van der Waals surface area contributed by atoms with Gasteiger partial charge in [-0.1, -0.05) is 0 Å². The molecule has 0 saturated heterocycles. The average Bonchev–Trinajstić information content (AvgIpc) is 2.68. The van der Waals surface area contributed by atoms with Gasteiger partial charge in [-0.05, 0) is 12.8 Å². The topological polar surface area (TPSA) is 38.8 Å². The molecule has 0 heterocycles. The van der Waals surface area contributed by atoms with Gasteiger partial charge in [-0.25, -0.2) is 0 Å². The monoisotopic (exact) mass is 229 g/mol. The molecular formula is C12H23NO3. The second-order valence-electron chi connectivity index (χ2n) is 4.34. The lowest BCUT2D eigenvalue weighted by Crippen LogP contribution is -2.36. The molecule has 0 spiro atoms. The molecule has 0 amide bonds. The Morgan fingerprint density at radius 1 is 1.25 bits per heavy atom. The summed E-state index contributed by atoms with van der Waals surface area (Å²) in [5.41, 5.74) is 0. The Hall–Kier alpha value is -0.450. The molecule has 0 aromatic heterocycles. The first-order valence-corrected chi connectivity index (χ1v) is 6.01. The predicted octanol–water partition coefficient (Wildman–Crippen LogP) is 0.950. The molecule has 1 atom stereocenters. The summed E-state index contributed by atoms with van der Waals surface area (Å²) in [5, 5.41) is 0. The minimum absolute atomic E-state index is 0.244. The summed E-state index contributed by atoms with van der Waals surface area (Å²) < 4.78 is 10.2. The van der Waals surface area contributed by atoms with Crippen LogP contribution in [0.1, 0.15) is 19.3 Å². The van der Waals surface area contributed by atoms with Gasteiger partial charge in [0.25, 0.3) is 0 Å². The largest absolute Gasteiger partial charge is 0.383 e. The van der Waals surface area contributed by atoms with E-state index in [2.05, 4.69) is 4.90 Å². The van der Waals surface area contributed by atoms with Crippen LogP contribution in [0, 0.1) is 5.92 Å². The van der Waals surface area contributed by atoms with Gasteiger partial charge in [-0.15, -0.1) is 0 Å². The maximum Gasteiger partial charge on any atom is 0.137 e. The van der Waals surface area contributed by atoms with Crippen LogP contribution >= 0.6 is 0 Å². The number of methoxy groups -OCH3 is 2. The molecule has 94 valence electrons. The third-order valence-corrected chi connectivity index (χ3v) is 3.13. The van der Waals surface area contributed by atoms with E-state index in [1.165, 1.54) is 0 Å². The van der Waals surface area contributed by atoms with Gasteiger partial charge in [-0.2, -0.15) is 0 Å². The van der Waals surface area contributed by atoms with Crippen LogP contribution in [0.4, 0.5) is 0 Å². The highest BCUT2D eigenvalue weighted by molar-refractivity contribution is 5.83. The number of carbonyl (C=O) groups excluding carboxylic acids is 1. The average molecular weight is 229 g/mol. The van der Waals surface area contributed by atoms with E-state index in [-0.39, 0.29) is 5.92 Å². The summed E-state index contributed by atoms with van der Waals surface area (Å²) in [7, 11) is 3.41. The van der Waals surface area contributed by atoms with Crippen LogP contribution in [0.5, 0.6) is 0 Å². The summed E-state index contributed by atoms with van der Waals surface area (Å²) in [6, 6.07) is 0. The van der Waals surface area contributed by atoms with Crippen molar-refractivity contribution in [3.63, 3.8) is 0 Å². The fourth-order valence-corrected chi connectivity index (χ4v) is 2.13. The maximum atomic E-state index is 11.6. The number of ether oxygens (including phenoxy) is 2. The highest BCUT2D eigenvalue weighted by Gasteiger charge is 2.26. The molecule has 4 heteroatoms. The summed E-state index contributed by atoms with van der Waals surface area (Å²) >= 11 is 0. The molecule has 0 N–H and O–H groups in total. The molecule has 0 aromatic rings. The third kappa shape index (κ3) is 4.60. The molecular weight excluding hydrogens is 206 g/mol. The molecule has 1 rings (SSSR count). The third-order valence-electron chi connectivity index (χ3n) is 3.13. The molecule has 1 fully saturated rings. The van der Waals surface area contributed by atoms with E-state index in [1.54, 1.807) is 14.2 Å². The number of rotatable bonds is 8. The highest BCUT2D eigenvalue weighted by atomic mass is 16.5. The van der Waals surface area contributed by atoms with E-state index in [4.69, 9.17) is 9.47 Å². The van der Waals surface area contributed by atoms with Gasteiger partial charge in [0.2, 0.25) is 0 Å². The first-order chi connectivity index (χ1) is 7.77. The standard InChI is InChI=1S/C12H23NO3/c1-15-8-6-13(7-9-16-2)10-11-4-3-5-12(11)14/h11H,3-10H2,1-2H3. The minimum atomic E-state index is 0.244. The predicted molar refractivity (Wildman–Crippen MR) is 62.5 cm³/mol. The lowest BCUT2D eigenvalue weighted by molar-refractivity contribution is -0.121. The van der Waals surface area contributed by atoms with Crippen LogP contribution in [0.2, 0.25) is 0 Å². The van der Waals surface area contributed by atoms with Gasteiger partial charge >= 0.3 is 0 Å². The number of nitrogens with zero attached hydrogens (tertiary/aromatic N) is 1. The summed E-state index contributed by atoms with van der Waals surface area (Å²) in [6.07, 6.45) is 2.88. The number of carbonyl (C=O) groups is 1. The van der Waals surface area contributed by atoms with Crippen molar-refractivity contribution in [2.24, 2.45) is 5.92 Å². The molecule has 16 heavy (non-hydrogen) atoms. The summed E-state index contributed by atoms with van der Waals surface area (Å²) in [6.45, 7) is 4.05. The molecule has 1 aliphatic carbocycles. The Labute approximate surface area is 97.9 Å². The summed E-state index contributed by atoms with van der Waals surface area (Å²) in [5.74, 6) is 0.675. The van der Waals surface area contributed by atoms with E-state index >= 15 is 0 Å². The fourth-order valence-electron chi connectivity index (χ4n) is 2.13. The highest BCUT2D eigenvalue weighted by Crippen LogP contribution is 2.22. The Bertz CT molecular complexity index is 200. The van der Waals surface area contributed by atoms with Crippen LogP contribution in [-0.2, 0) is 14.3 Å². The molecule has 0 aromatic carbocycles. The Balaban J connectivity index is 2.32. The van der Waals surface area contributed by atoms with E-state index in [0.29, 0.717) is 19.0 Å². The van der Waals surface area contributed by atoms with E-state index < -0.39 is 0 Å². The lowest BCUT2D eigenvalue weighted by atomic mass is 10.1. The Kier molecular flexibility index (Phi) is 6.61. The normalized spacial score (nSPS) is 20.9. The molecule has 0 aliphatic heterocycles. The van der Waals surface area contributed by atoms with Crippen molar-refractivity contribution in [1.29, 1.82) is 0 Å². The van der Waals surface area contributed by atoms with Crippen LogP contribution in [0.25, 0.3) is 0 Å². The van der Waals surface area contributed by atoms with Gasteiger partial charge in [0.15, 0.2) is 0 Å². The van der Waals surface area contributed by atoms with Crippen LogP contribution < -0.4 is 0 Å². The van der Waals surface area contributed by atoms with Crippen molar-refractivity contribution in [3.8, 4) is 0 Å². The first kappa shape index (κ1) is 13.6.